The number of carbonyl (C=O) groups is 3. The van der Waals surface area contributed by atoms with Crippen molar-refractivity contribution in [3.8, 4) is 6.07 Å². The fourth-order valence-electron chi connectivity index (χ4n) is 5.85. The number of anilines is 2. The number of hydrogen-bond acceptors (Lipinski definition) is 5. The van der Waals surface area contributed by atoms with Crippen LogP contribution in [0.5, 0.6) is 0 Å². The van der Waals surface area contributed by atoms with Crippen LogP contribution in [0.25, 0.3) is 0 Å². The predicted molar refractivity (Wildman–Crippen MR) is 121 cm³/mol. The summed E-state index contributed by atoms with van der Waals surface area (Å²) < 4.78 is 46.7. The first-order chi connectivity index (χ1) is 16.9. The zero-order chi connectivity index (χ0) is 26.0. The van der Waals surface area contributed by atoms with Crippen LogP contribution in [-0.2, 0) is 20.5 Å². The van der Waals surface area contributed by atoms with E-state index < -0.39 is 64.2 Å². The number of amides is 4. The monoisotopic (exact) mass is 498 g/mol. The zero-order valence-electron chi connectivity index (χ0n) is 19.2. The number of rotatable bonds is 3. The number of nitrogens with zero attached hydrogens (tertiary/aromatic N) is 2. The fourth-order valence-corrected chi connectivity index (χ4v) is 5.85. The molecule has 186 valence electrons. The highest BCUT2D eigenvalue weighted by atomic mass is 19.4. The zero-order valence-corrected chi connectivity index (χ0v) is 19.2. The first-order valence-corrected chi connectivity index (χ1v) is 11.2. The second-order valence-electron chi connectivity index (χ2n) is 9.63. The summed E-state index contributed by atoms with van der Waals surface area (Å²) in [6, 6.07) is 11.8. The Hall–Kier alpha value is -3.91. The van der Waals surface area contributed by atoms with Gasteiger partial charge in [0.15, 0.2) is 0 Å². The Morgan fingerprint density at radius 2 is 1.78 bits per heavy atom. The highest BCUT2D eigenvalue weighted by Gasteiger charge is 2.76. The molecule has 2 unspecified atom stereocenters. The number of nitriles is 1. The van der Waals surface area contributed by atoms with Gasteiger partial charge in [0.25, 0.3) is 0 Å². The lowest BCUT2D eigenvalue weighted by Crippen LogP contribution is -2.57. The highest BCUT2D eigenvalue weighted by Crippen LogP contribution is 2.61. The molecule has 2 aromatic rings. The van der Waals surface area contributed by atoms with Crippen molar-refractivity contribution < 1.29 is 32.3 Å². The summed E-state index contributed by atoms with van der Waals surface area (Å²) in [7, 11) is 0. The van der Waals surface area contributed by atoms with E-state index in [0.29, 0.717) is 11.8 Å². The Labute approximate surface area is 204 Å². The standard InChI is InChI=1S/C25H21F3N4O4/c1-23-11-17(31-22(35)30-14-6-4-3-5-7-14)24(2,36-23)19-18(23)20(33)32(21(19)34)15-9-8-13(12-29)16(10-15)25(26,27)28/h3-10,17-19H,11H2,1-2H3,(H2,30,31,35)/t17-,18-,19+,23?,24?/m1/s1. The number of imide groups is 1. The van der Waals surface area contributed by atoms with E-state index in [2.05, 4.69) is 10.6 Å². The van der Waals surface area contributed by atoms with Gasteiger partial charge in [0, 0.05) is 12.1 Å². The normalized spacial score (nSPS) is 30.8. The largest absolute Gasteiger partial charge is 0.417 e. The summed E-state index contributed by atoms with van der Waals surface area (Å²) in [5.74, 6) is -3.30. The maximum Gasteiger partial charge on any atom is 0.417 e. The summed E-state index contributed by atoms with van der Waals surface area (Å²) in [5.41, 5.74) is -3.90. The van der Waals surface area contributed by atoms with Crippen molar-refractivity contribution in [2.45, 2.75) is 43.7 Å². The molecule has 3 heterocycles. The van der Waals surface area contributed by atoms with Crippen LogP contribution in [0.4, 0.5) is 29.3 Å². The van der Waals surface area contributed by atoms with E-state index in [4.69, 9.17) is 10.00 Å². The summed E-state index contributed by atoms with van der Waals surface area (Å²) in [6.45, 7) is 3.30. The Morgan fingerprint density at radius 1 is 1.11 bits per heavy atom. The van der Waals surface area contributed by atoms with Crippen molar-refractivity contribution in [2.24, 2.45) is 11.8 Å². The van der Waals surface area contributed by atoms with Crippen LogP contribution < -0.4 is 15.5 Å². The van der Waals surface area contributed by atoms with Gasteiger partial charge >= 0.3 is 12.2 Å². The van der Waals surface area contributed by atoms with Crippen LogP contribution in [0.3, 0.4) is 0 Å². The SMILES string of the molecule is CC12C[C@@H](NC(=O)Nc3ccccc3)C(C)(O1)[C@@H]1C(=O)N(c3ccc(C#N)c(C(F)(F)F)c3)C(=O)[C@@H]12. The minimum Gasteiger partial charge on any atom is -0.365 e. The predicted octanol–water partition coefficient (Wildman–Crippen LogP) is 3.82. The van der Waals surface area contributed by atoms with Gasteiger partial charge in [-0.05, 0) is 44.2 Å². The van der Waals surface area contributed by atoms with Crippen LogP contribution in [0, 0.1) is 23.2 Å². The second-order valence-corrected chi connectivity index (χ2v) is 9.63. The fraction of sp³-hybridized carbons (Fsp3) is 0.360. The van der Waals surface area contributed by atoms with Gasteiger partial charge in [-0.1, -0.05) is 18.2 Å². The molecule has 11 heteroatoms. The van der Waals surface area contributed by atoms with Gasteiger partial charge in [0.2, 0.25) is 11.8 Å². The number of fused-ring (bicyclic) bond motifs is 5. The Bertz CT molecular complexity index is 1320. The van der Waals surface area contributed by atoms with Gasteiger partial charge in [-0.15, -0.1) is 0 Å². The van der Waals surface area contributed by atoms with Gasteiger partial charge in [-0.2, -0.15) is 18.4 Å². The van der Waals surface area contributed by atoms with Crippen LogP contribution in [-0.4, -0.2) is 35.1 Å². The van der Waals surface area contributed by atoms with Crippen molar-refractivity contribution in [1.29, 1.82) is 5.26 Å². The van der Waals surface area contributed by atoms with Crippen LogP contribution in [0.2, 0.25) is 0 Å². The molecule has 5 atom stereocenters. The van der Waals surface area contributed by atoms with Crippen LogP contribution in [0.15, 0.2) is 48.5 Å². The number of alkyl halides is 3. The van der Waals surface area contributed by atoms with E-state index in [9.17, 15) is 27.6 Å². The Balaban J connectivity index is 1.44. The summed E-state index contributed by atoms with van der Waals surface area (Å²) in [4.78, 5) is 40.3. The van der Waals surface area contributed by atoms with Crippen molar-refractivity contribution in [2.75, 3.05) is 10.2 Å². The smallest absolute Gasteiger partial charge is 0.365 e. The van der Waals surface area contributed by atoms with E-state index in [1.165, 1.54) is 6.07 Å². The molecular weight excluding hydrogens is 477 g/mol. The molecule has 2 aromatic carbocycles. The number of nitrogens with one attached hydrogen (secondary N) is 2. The molecule has 0 aliphatic carbocycles. The van der Waals surface area contributed by atoms with E-state index in [-0.39, 0.29) is 12.1 Å². The van der Waals surface area contributed by atoms with Crippen LogP contribution in [0.1, 0.15) is 31.4 Å². The van der Waals surface area contributed by atoms with Gasteiger partial charge in [0.05, 0.1) is 52.0 Å². The average Bonchev–Trinajstić information content (AvgIpc) is 3.33. The molecule has 36 heavy (non-hydrogen) atoms. The molecule has 3 saturated heterocycles. The lowest BCUT2D eigenvalue weighted by molar-refractivity contribution is -0.138. The summed E-state index contributed by atoms with van der Waals surface area (Å²) in [5, 5.41) is 14.6. The molecule has 3 aliphatic rings. The van der Waals surface area contributed by atoms with E-state index in [1.807, 2.05) is 0 Å². The molecule has 4 amide bonds. The molecule has 0 aromatic heterocycles. The quantitative estimate of drug-likeness (QED) is 0.625. The number of benzene rings is 2. The maximum atomic E-state index is 13.5. The number of hydrogen-bond donors (Lipinski definition) is 2. The van der Waals surface area contributed by atoms with Crippen molar-refractivity contribution in [3.63, 3.8) is 0 Å². The summed E-state index contributed by atoms with van der Waals surface area (Å²) in [6.07, 6.45) is -4.61. The first-order valence-electron chi connectivity index (χ1n) is 11.2. The second kappa shape index (κ2) is 7.80. The van der Waals surface area contributed by atoms with Gasteiger partial charge in [-0.25, -0.2) is 9.69 Å². The molecular formula is C25H21F3N4O4. The molecule has 8 nitrogen and oxygen atoms in total. The van der Waals surface area contributed by atoms with E-state index in [0.717, 1.165) is 17.0 Å². The topological polar surface area (TPSA) is 112 Å². The van der Waals surface area contributed by atoms with Crippen molar-refractivity contribution in [3.05, 3.63) is 59.7 Å². The average molecular weight is 498 g/mol. The molecule has 3 fully saturated rings. The van der Waals surface area contributed by atoms with E-state index >= 15 is 0 Å². The van der Waals surface area contributed by atoms with Crippen molar-refractivity contribution in [1.82, 2.24) is 5.32 Å². The third-order valence-corrected chi connectivity index (χ3v) is 7.36. The minimum atomic E-state index is -4.84. The molecule has 3 aliphatic heterocycles. The molecule has 0 radical (unpaired) electrons. The van der Waals surface area contributed by atoms with Gasteiger partial charge in [-0.3, -0.25) is 9.59 Å². The first kappa shape index (κ1) is 23.8. The molecule has 5 rings (SSSR count). The molecule has 2 bridgehead atoms. The Kier molecular flexibility index (Phi) is 5.16. The third-order valence-electron chi connectivity index (χ3n) is 7.36. The number of urea groups is 1. The maximum absolute atomic E-state index is 13.5. The number of carbonyl (C=O) groups excluding carboxylic acids is 3. The van der Waals surface area contributed by atoms with Crippen molar-refractivity contribution >= 4 is 29.2 Å². The van der Waals surface area contributed by atoms with Gasteiger partial charge < -0.3 is 15.4 Å². The number of para-hydroxylation sites is 1. The molecule has 2 N–H and O–H groups in total. The number of ether oxygens (including phenoxy) is 1. The van der Waals surface area contributed by atoms with E-state index in [1.54, 1.807) is 44.2 Å². The summed E-state index contributed by atoms with van der Waals surface area (Å²) >= 11 is 0. The molecule has 0 saturated carbocycles. The van der Waals surface area contributed by atoms with Gasteiger partial charge in [0.1, 0.15) is 0 Å². The molecule has 0 spiro atoms. The lowest BCUT2D eigenvalue weighted by atomic mass is 9.66. The third kappa shape index (κ3) is 3.44. The number of halogens is 3. The lowest BCUT2D eigenvalue weighted by Gasteiger charge is -2.35. The Morgan fingerprint density at radius 3 is 2.42 bits per heavy atom. The minimum absolute atomic E-state index is 0.237. The van der Waals surface area contributed by atoms with Crippen LogP contribution >= 0.6 is 0 Å². The highest BCUT2D eigenvalue weighted by molar-refractivity contribution is 6.23.